The summed E-state index contributed by atoms with van der Waals surface area (Å²) in [7, 11) is 0. The quantitative estimate of drug-likeness (QED) is 0.872. The molecule has 2 aromatic rings. The third kappa shape index (κ3) is 3.11. The van der Waals surface area contributed by atoms with Gasteiger partial charge in [0.2, 0.25) is 0 Å². The average molecular weight is 227 g/mol. The van der Waals surface area contributed by atoms with Gasteiger partial charge in [0.1, 0.15) is 0 Å². The molecule has 0 aliphatic carbocycles. The highest BCUT2D eigenvalue weighted by atomic mass is 15.0. The molecule has 2 atom stereocenters. The van der Waals surface area contributed by atoms with E-state index in [1.54, 1.807) is 0 Å². The van der Waals surface area contributed by atoms with E-state index in [0.29, 0.717) is 0 Å². The predicted octanol–water partition coefficient (Wildman–Crippen LogP) is 2.89. The molecular formula is C14H17N3. The molecule has 0 radical (unpaired) electrons. The number of rotatable bonds is 4. The van der Waals surface area contributed by atoms with E-state index in [1.165, 1.54) is 0 Å². The van der Waals surface area contributed by atoms with Crippen molar-refractivity contribution < 1.29 is 0 Å². The van der Waals surface area contributed by atoms with Gasteiger partial charge in [0.05, 0.1) is 11.4 Å². The van der Waals surface area contributed by atoms with Crippen molar-refractivity contribution in [1.29, 1.82) is 0 Å². The predicted molar refractivity (Wildman–Crippen MR) is 68.4 cm³/mol. The Hall–Kier alpha value is -1.74. The minimum atomic E-state index is 0.216. The van der Waals surface area contributed by atoms with Gasteiger partial charge in [-0.1, -0.05) is 12.1 Å². The number of nitrogens with one attached hydrogen (secondary N) is 1. The zero-order valence-corrected chi connectivity index (χ0v) is 10.2. The lowest BCUT2D eigenvalue weighted by Crippen LogP contribution is -2.23. The summed E-state index contributed by atoms with van der Waals surface area (Å²) >= 11 is 0. The fourth-order valence-corrected chi connectivity index (χ4v) is 1.81. The van der Waals surface area contributed by atoms with Crippen molar-refractivity contribution in [2.75, 3.05) is 0 Å². The Labute approximate surface area is 102 Å². The molecule has 0 fully saturated rings. The zero-order valence-electron chi connectivity index (χ0n) is 10.2. The molecule has 0 saturated carbocycles. The Morgan fingerprint density at radius 2 is 1.29 bits per heavy atom. The van der Waals surface area contributed by atoms with Gasteiger partial charge in [-0.15, -0.1) is 0 Å². The highest BCUT2D eigenvalue weighted by Gasteiger charge is 2.11. The van der Waals surface area contributed by atoms with Crippen LogP contribution in [0.1, 0.15) is 37.3 Å². The van der Waals surface area contributed by atoms with Gasteiger partial charge in [-0.25, -0.2) is 0 Å². The SMILES string of the molecule is C[C@H](N[C@H](C)c1ccccn1)c1ccccn1. The Balaban J connectivity index is 2.02. The number of pyridine rings is 2. The molecule has 0 bridgehead atoms. The monoisotopic (exact) mass is 227 g/mol. The Morgan fingerprint density at radius 3 is 1.65 bits per heavy atom. The van der Waals surface area contributed by atoms with Crippen LogP contribution in [0.5, 0.6) is 0 Å². The lowest BCUT2D eigenvalue weighted by molar-refractivity contribution is 0.478. The highest BCUT2D eigenvalue weighted by molar-refractivity contribution is 5.11. The van der Waals surface area contributed by atoms with E-state index in [-0.39, 0.29) is 12.1 Å². The van der Waals surface area contributed by atoms with Crippen molar-refractivity contribution in [1.82, 2.24) is 15.3 Å². The van der Waals surface area contributed by atoms with Crippen LogP contribution in [0.25, 0.3) is 0 Å². The first kappa shape index (κ1) is 11.7. The molecule has 1 N–H and O–H groups in total. The Kier molecular flexibility index (Phi) is 3.83. The van der Waals surface area contributed by atoms with E-state index in [1.807, 2.05) is 48.8 Å². The van der Waals surface area contributed by atoms with Crippen LogP contribution in [0.4, 0.5) is 0 Å². The summed E-state index contributed by atoms with van der Waals surface area (Å²) in [6, 6.07) is 12.4. The van der Waals surface area contributed by atoms with Crippen molar-refractivity contribution in [3.8, 4) is 0 Å². The molecule has 0 aromatic carbocycles. The van der Waals surface area contributed by atoms with Crippen LogP contribution in [0.3, 0.4) is 0 Å². The van der Waals surface area contributed by atoms with Gasteiger partial charge in [-0.3, -0.25) is 9.97 Å². The maximum Gasteiger partial charge on any atom is 0.0570 e. The van der Waals surface area contributed by atoms with Crippen LogP contribution >= 0.6 is 0 Å². The lowest BCUT2D eigenvalue weighted by atomic mass is 10.1. The average Bonchev–Trinajstić information content (AvgIpc) is 2.40. The minimum Gasteiger partial charge on any atom is -0.301 e. The molecule has 0 unspecified atom stereocenters. The first-order chi connectivity index (χ1) is 8.27. The highest BCUT2D eigenvalue weighted by Crippen LogP contribution is 2.15. The van der Waals surface area contributed by atoms with Crippen LogP contribution < -0.4 is 5.32 Å². The second kappa shape index (κ2) is 5.55. The fourth-order valence-electron chi connectivity index (χ4n) is 1.81. The summed E-state index contributed by atoms with van der Waals surface area (Å²) in [5.41, 5.74) is 2.10. The second-order valence-corrected chi connectivity index (χ2v) is 4.12. The first-order valence-corrected chi connectivity index (χ1v) is 5.85. The maximum absolute atomic E-state index is 4.34. The largest absolute Gasteiger partial charge is 0.301 e. The van der Waals surface area contributed by atoms with E-state index in [0.717, 1.165) is 11.4 Å². The van der Waals surface area contributed by atoms with Gasteiger partial charge in [-0.2, -0.15) is 0 Å². The van der Waals surface area contributed by atoms with Crippen LogP contribution in [0, 0.1) is 0 Å². The van der Waals surface area contributed by atoms with Gasteiger partial charge in [0, 0.05) is 24.5 Å². The molecular weight excluding hydrogens is 210 g/mol. The molecule has 0 amide bonds. The number of hydrogen-bond donors (Lipinski definition) is 1. The summed E-state index contributed by atoms with van der Waals surface area (Å²) < 4.78 is 0. The molecule has 2 rings (SSSR count). The fraction of sp³-hybridized carbons (Fsp3) is 0.286. The zero-order chi connectivity index (χ0) is 12.1. The van der Waals surface area contributed by atoms with E-state index in [4.69, 9.17) is 0 Å². The van der Waals surface area contributed by atoms with E-state index < -0.39 is 0 Å². The molecule has 3 nitrogen and oxygen atoms in total. The first-order valence-electron chi connectivity index (χ1n) is 5.85. The number of aromatic nitrogens is 2. The van der Waals surface area contributed by atoms with E-state index in [9.17, 15) is 0 Å². The molecule has 3 heteroatoms. The third-order valence-corrected chi connectivity index (χ3v) is 2.76. The summed E-state index contributed by atoms with van der Waals surface area (Å²) in [6.07, 6.45) is 3.64. The topological polar surface area (TPSA) is 37.8 Å². The molecule has 2 heterocycles. The lowest BCUT2D eigenvalue weighted by Gasteiger charge is -2.19. The van der Waals surface area contributed by atoms with Crippen molar-refractivity contribution in [2.45, 2.75) is 25.9 Å². The maximum atomic E-state index is 4.34. The minimum absolute atomic E-state index is 0.216. The number of nitrogens with zero attached hydrogens (tertiary/aromatic N) is 2. The van der Waals surface area contributed by atoms with Crippen LogP contribution in [0.15, 0.2) is 48.8 Å². The third-order valence-electron chi connectivity index (χ3n) is 2.76. The normalized spacial score (nSPS) is 14.2. The molecule has 0 aliphatic heterocycles. The van der Waals surface area contributed by atoms with Crippen molar-refractivity contribution in [3.05, 3.63) is 60.2 Å². The van der Waals surface area contributed by atoms with Crippen molar-refractivity contribution >= 4 is 0 Å². The molecule has 0 saturated heterocycles. The number of hydrogen-bond acceptors (Lipinski definition) is 3. The Bertz CT molecular complexity index is 398. The van der Waals surface area contributed by atoms with Gasteiger partial charge in [-0.05, 0) is 38.1 Å². The summed E-state index contributed by atoms with van der Waals surface area (Å²) in [4.78, 5) is 8.68. The summed E-state index contributed by atoms with van der Waals surface area (Å²) in [6.45, 7) is 4.23. The molecule has 2 aromatic heterocycles. The van der Waals surface area contributed by atoms with Crippen molar-refractivity contribution in [3.63, 3.8) is 0 Å². The van der Waals surface area contributed by atoms with Crippen molar-refractivity contribution in [2.24, 2.45) is 0 Å². The van der Waals surface area contributed by atoms with Gasteiger partial charge >= 0.3 is 0 Å². The van der Waals surface area contributed by atoms with E-state index in [2.05, 4.69) is 29.1 Å². The van der Waals surface area contributed by atoms with Crippen LogP contribution in [0.2, 0.25) is 0 Å². The van der Waals surface area contributed by atoms with Gasteiger partial charge in [0.25, 0.3) is 0 Å². The smallest absolute Gasteiger partial charge is 0.0570 e. The Morgan fingerprint density at radius 1 is 0.824 bits per heavy atom. The summed E-state index contributed by atoms with van der Waals surface area (Å²) in [5, 5.41) is 3.49. The van der Waals surface area contributed by atoms with Crippen LogP contribution in [-0.4, -0.2) is 9.97 Å². The molecule has 0 spiro atoms. The molecule has 0 aliphatic rings. The van der Waals surface area contributed by atoms with Gasteiger partial charge < -0.3 is 5.32 Å². The van der Waals surface area contributed by atoms with E-state index >= 15 is 0 Å². The van der Waals surface area contributed by atoms with Crippen LogP contribution in [-0.2, 0) is 0 Å². The summed E-state index contributed by atoms with van der Waals surface area (Å²) in [5.74, 6) is 0. The molecule has 17 heavy (non-hydrogen) atoms. The standard InChI is InChI=1S/C14H17N3/c1-11(13-7-3-5-9-15-13)17-12(2)14-8-4-6-10-16-14/h3-12,17H,1-2H3/t11-,12+. The molecule has 88 valence electrons. The second-order valence-electron chi connectivity index (χ2n) is 4.12. The van der Waals surface area contributed by atoms with Gasteiger partial charge in [0.15, 0.2) is 0 Å².